The van der Waals surface area contributed by atoms with Gasteiger partial charge in [0.1, 0.15) is 5.82 Å². The van der Waals surface area contributed by atoms with E-state index in [0.29, 0.717) is 5.82 Å². The van der Waals surface area contributed by atoms with Crippen molar-refractivity contribution < 1.29 is 4.74 Å². The molecular formula is C12H19N3O. The molecule has 0 unspecified atom stereocenters. The number of morpholine rings is 1. The lowest BCUT2D eigenvalue weighted by molar-refractivity contribution is -0.0552. The van der Waals surface area contributed by atoms with E-state index < -0.39 is 0 Å². The normalized spacial score (nSPS) is 20.9. The molecule has 2 heterocycles. The van der Waals surface area contributed by atoms with Gasteiger partial charge in [0.15, 0.2) is 0 Å². The first-order valence-electron chi connectivity index (χ1n) is 5.62. The number of hydrogen-bond acceptors (Lipinski definition) is 4. The van der Waals surface area contributed by atoms with Crippen LogP contribution in [0.2, 0.25) is 0 Å². The molecule has 0 spiro atoms. The van der Waals surface area contributed by atoms with Crippen molar-refractivity contribution in [1.29, 1.82) is 0 Å². The second kappa shape index (κ2) is 4.39. The standard InChI is InChI=1S/C12H19N3O/c1-12(2)9-16-7-6-15(12)8-10-4-3-5-14-11(10)13/h3-5H,6-9H2,1-2H3,(H2,13,14). The maximum Gasteiger partial charge on any atom is 0.127 e. The quantitative estimate of drug-likeness (QED) is 0.817. The van der Waals surface area contributed by atoms with E-state index in [-0.39, 0.29) is 5.54 Å². The summed E-state index contributed by atoms with van der Waals surface area (Å²) in [6.45, 7) is 7.74. The Kier molecular flexibility index (Phi) is 3.12. The number of nitrogens with two attached hydrogens (primary N) is 1. The van der Waals surface area contributed by atoms with E-state index >= 15 is 0 Å². The molecule has 0 aliphatic carbocycles. The van der Waals surface area contributed by atoms with Crippen LogP contribution in [0.15, 0.2) is 18.3 Å². The number of hydrogen-bond donors (Lipinski definition) is 1. The lowest BCUT2D eigenvalue weighted by Gasteiger charge is -2.42. The predicted octanol–water partition coefficient (Wildman–Crippen LogP) is 1.27. The van der Waals surface area contributed by atoms with E-state index in [2.05, 4.69) is 23.7 Å². The molecule has 2 N–H and O–H groups in total. The van der Waals surface area contributed by atoms with Crippen LogP contribution >= 0.6 is 0 Å². The third-order valence-corrected chi connectivity index (χ3v) is 3.10. The van der Waals surface area contributed by atoms with Gasteiger partial charge in [-0.25, -0.2) is 4.98 Å². The fourth-order valence-corrected chi connectivity index (χ4v) is 1.97. The fraction of sp³-hybridized carbons (Fsp3) is 0.583. The van der Waals surface area contributed by atoms with Gasteiger partial charge in [-0.05, 0) is 19.9 Å². The van der Waals surface area contributed by atoms with Gasteiger partial charge in [-0.15, -0.1) is 0 Å². The molecule has 2 rings (SSSR count). The highest BCUT2D eigenvalue weighted by atomic mass is 16.5. The van der Waals surface area contributed by atoms with Crippen LogP contribution in [0, 0.1) is 0 Å². The smallest absolute Gasteiger partial charge is 0.127 e. The van der Waals surface area contributed by atoms with Crippen LogP contribution in [0.25, 0.3) is 0 Å². The van der Waals surface area contributed by atoms with Crippen molar-refractivity contribution in [3.05, 3.63) is 23.9 Å². The Labute approximate surface area is 96.4 Å². The average Bonchev–Trinajstić information content (AvgIpc) is 2.24. The Hall–Kier alpha value is -1.13. The van der Waals surface area contributed by atoms with Crippen molar-refractivity contribution in [3.8, 4) is 0 Å². The first-order valence-corrected chi connectivity index (χ1v) is 5.62. The number of anilines is 1. The van der Waals surface area contributed by atoms with Crippen LogP contribution in [-0.2, 0) is 11.3 Å². The zero-order chi connectivity index (χ0) is 11.6. The second-order valence-corrected chi connectivity index (χ2v) is 4.83. The molecule has 1 aromatic rings. The average molecular weight is 221 g/mol. The molecular weight excluding hydrogens is 202 g/mol. The van der Waals surface area contributed by atoms with Gasteiger partial charge < -0.3 is 10.5 Å². The monoisotopic (exact) mass is 221 g/mol. The van der Waals surface area contributed by atoms with Crippen molar-refractivity contribution in [3.63, 3.8) is 0 Å². The summed E-state index contributed by atoms with van der Waals surface area (Å²) in [5.41, 5.74) is 7.02. The highest BCUT2D eigenvalue weighted by Crippen LogP contribution is 2.22. The molecule has 4 nitrogen and oxygen atoms in total. The van der Waals surface area contributed by atoms with Gasteiger partial charge in [-0.2, -0.15) is 0 Å². The molecule has 1 fully saturated rings. The summed E-state index contributed by atoms with van der Waals surface area (Å²) in [5.74, 6) is 0.629. The first-order chi connectivity index (χ1) is 7.59. The summed E-state index contributed by atoms with van der Waals surface area (Å²) in [4.78, 5) is 6.50. The van der Waals surface area contributed by atoms with Gasteiger partial charge >= 0.3 is 0 Å². The maximum absolute atomic E-state index is 5.86. The molecule has 88 valence electrons. The Morgan fingerprint density at radius 1 is 1.56 bits per heavy atom. The van der Waals surface area contributed by atoms with E-state index in [1.807, 2.05) is 12.1 Å². The molecule has 1 aliphatic heterocycles. The third kappa shape index (κ3) is 2.33. The Morgan fingerprint density at radius 2 is 2.38 bits per heavy atom. The maximum atomic E-state index is 5.86. The fourth-order valence-electron chi connectivity index (χ4n) is 1.97. The molecule has 0 amide bonds. The minimum absolute atomic E-state index is 0.0700. The number of nitrogen functional groups attached to an aromatic ring is 1. The first kappa shape index (κ1) is 11.4. The van der Waals surface area contributed by atoms with Crippen molar-refractivity contribution in [2.75, 3.05) is 25.5 Å². The van der Waals surface area contributed by atoms with Gasteiger partial charge in [0.25, 0.3) is 0 Å². The molecule has 1 saturated heterocycles. The van der Waals surface area contributed by atoms with E-state index in [0.717, 1.165) is 31.9 Å². The van der Waals surface area contributed by atoms with E-state index in [1.165, 1.54) is 0 Å². The highest BCUT2D eigenvalue weighted by molar-refractivity contribution is 5.38. The molecule has 0 atom stereocenters. The molecule has 0 radical (unpaired) electrons. The van der Waals surface area contributed by atoms with Crippen molar-refractivity contribution in [2.45, 2.75) is 25.9 Å². The summed E-state index contributed by atoms with van der Waals surface area (Å²) >= 11 is 0. The van der Waals surface area contributed by atoms with Crippen molar-refractivity contribution in [2.24, 2.45) is 0 Å². The summed E-state index contributed by atoms with van der Waals surface area (Å²) in [6, 6.07) is 3.97. The van der Waals surface area contributed by atoms with Gasteiger partial charge in [0.2, 0.25) is 0 Å². The van der Waals surface area contributed by atoms with Crippen molar-refractivity contribution >= 4 is 5.82 Å². The summed E-state index contributed by atoms with van der Waals surface area (Å²) in [7, 11) is 0. The van der Waals surface area contributed by atoms with Crippen molar-refractivity contribution in [1.82, 2.24) is 9.88 Å². The van der Waals surface area contributed by atoms with Gasteiger partial charge in [-0.3, -0.25) is 4.90 Å². The lowest BCUT2D eigenvalue weighted by atomic mass is 10.0. The number of rotatable bonds is 2. The molecule has 0 aromatic carbocycles. The molecule has 16 heavy (non-hydrogen) atoms. The summed E-state index contributed by atoms with van der Waals surface area (Å²) in [6.07, 6.45) is 1.73. The Balaban J connectivity index is 2.12. The van der Waals surface area contributed by atoms with Gasteiger partial charge in [-0.1, -0.05) is 6.07 Å². The van der Waals surface area contributed by atoms with E-state index in [4.69, 9.17) is 10.5 Å². The molecule has 1 aliphatic rings. The number of pyridine rings is 1. The van der Waals surface area contributed by atoms with Gasteiger partial charge in [0, 0.05) is 30.4 Å². The second-order valence-electron chi connectivity index (χ2n) is 4.83. The molecule has 0 bridgehead atoms. The zero-order valence-corrected chi connectivity index (χ0v) is 9.94. The summed E-state index contributed by atoms with van der Waals surface area (Å²) in [5, 5.41) is 0. The molecule has 1 aromatic heterocycles. The number of aromatic nitrogens is 1. The van der Waals surface area contributed by atoms with E-state index in [1.54, 1.807) is 6.20 Å². The van der Waals surface area contributed by atoms with Gasteiger partial charge in [0.05, 0.1) is 13.2 Å². The Bertz CT molecular complexity index is 365. The zero-order valence-electron chi connectivity index (χ0n) is 9.94. The van der Waals surface area contributed by atoms with Crippen LogP contribution in [-0.4, -0.2) is 35.2 Å². The van der Waals surface area contributed by atoms with E-state index in [9.17, 15) is 0 Å². The minimum atomic E-state index is 0.0700. The number of nitrogens with zero attached hydrogens (tertiary/aromatic N) is 2. The topological polar surface area (TPSA) is 51.4 Å². The SMILES string of the molecule is CC1(C)COCCN1Cc1cccnc1N. The molecule has 4 heteroatoms. The van der Waals surface area contributed by atoms with Crippen LogP contribution < -0.4 is 5.73 Å². The lowest BCUT2D eigenvalue weighted by Crippen LogP contribution is -2.52. The van der Waals surface area contributed by atoms with Crippen LogP contribution in [0.3, 0.4) is 0 Å². The number of ether oxygens (including phenoxy) is 1. The van der Waals surface area contributed by atoms with Crippen LogP contribution in [0.1, 0.15) is 19.4 Å². The minimum Gasteiger partial charge on any atom is -0.383 e. The third-order valence-electron chi connectivity index (χ3n) is 3.10. The Morgan fingerprint density at radius 3 is 3.06 bits per heavy atom. The van der Waals surface area contributed by atoms with Crippen LogP contribution in [0.5, 0.6) is 0 Å². The molecule has 0 saturated carbocycles. The highest BCUT2D eigenvalue weighted by Gasteiger charge is 2.30. The van der Waals surface area contributed by atoms with Crippen LogP contribution in [0.4, 0.5) is 5.82 Å². The summed E-state index contributed by atoms with van der Waals surface area (Å²) < 4.78 is 5.49. The predicted molar refractivity (Wildman–Crippen MR) is 64.0 cm³/mol. The largest absolute Gasteiger partial charge is 0.383 e.